The number of fused-ring (bicyclic) bond motifs is 1. The lowest BCUT2D eigenvalue weighted by Gasteiger charge is -2.34. The highest BCUT2D eigenvalue weighted by atomic mass is 35.5. The average molecular weight is 484 g/mol. The third-order valence-corrected chi connectivity index (χ3v) is 7.07. The highest BCUT2D eigenvalue weighted by Gasteiger charge is 2.25. The minimum atomic E-state index is -0.777. The topological polar surface area (TPSA) is 65.5 Å². The summed E-state index contributed by atoms with van der Waals surface area (Å²) in [7, 11) is 4.24. The smallest absolute Gasteiger partial charge is 0.170 e. The highest BCUT2D eigenvalue weighted by Crippen LogP contribution is 2.37. The second kappa shape index (κ2) is 9.88. The van der Waals surface area contributed by atoms with E-state index in [0.717, 1.165) is 47.8 Å². The molecule has 2 N–H and O–H groups in total. The predicted molar refractivity (Wildman–Crippen MR) is 136 cm³/mol. The van der Waals surface area contributed by atoms with Gasteiger partial charge in [0.2, 0.25) is 0 Å². The van der Waals surface area contributed by atoms with Gasteiger partial charge in [-0.1, -0.05) is 31.5 Å². The SMILES string of the molecule is CC(C)C(=O)c1cnc2ccc(-c3cc(F)c(O)c(Cl)c3)cc2c1NC1CCC(N(C)C)CC1. The fraction of sp³-hybridized carbons (Fsp3) is 0.407. The van der Waals surface area contributed by atoms with E-state index in [9.17, 15) is 14.3 Å². The summed E-state index contributed by atoms with van der Waals surface area (Å²) in [6.07, 6.45) is 5.88. The van der Waals surface area contributed by atoms with Crippen LogP contribution in [0, 0.1) is 11.7 Å². The van der Waals surface area contributed by atoms with E-state index in [1.807, 2.05) is 32.0 Å². The summed E-state index contributed by atoms with van der Waals surface area (Å²) in [4.78, 5) is 19.9. The minimum Gasteiger partial charge on any atom is -0.504 e. The Labute approximate surface area is 204 Å². The molecule has 1 saturated carbocycles. The lowest BCUT2D eigenvalue weighted by atomic mass is 9.89. The number of phenolic OH excluding ortho intramolecular Hbond substituents is 1. The van der Waals surface area contributed by atoms with Gasteiger partial charge in [-0.05, 0) is 75.2 Å². The molecule has 34 heavy (non-hydrogen) atoms. The number of aromatic hydroxyl groups is 1. The maximum Gasteiger partial charge on any atom is 0.170 e. The maximum absolute atomic E-state index is 14.2. The van der Waals surface area contributed by atoms with Crippen molar-refractivity contribution >= 4 is 34.0 Å². The molecule has 0 unspecified atom stereocenters. The Morgan fingerprint density at radius 2 is 1.85 bits per heavy atom. The van der Waals surface area contributed by atoms with E-state index in [0.29, 0.717) is 17.2 Å². The first-order chi connectivity index (χ1) is 16.2. The summed E-state index contributed by atoms with van der Waals surface area (Å²) in [5, 5.41) is 14.1. The first-order valence-corrected chi connectivity index (χ1v) is 12.1. The van der Waals surface area contributed by atoms with E-state index in [1.54, 1.807) is 6.20 Å². The predicted octanol–water partition coefficient (Wildman–Crippen LogP) is 6.52. The van der Waals surface area contributed by atoms with E-state index < -0.39 is 11.6 Å². The molecule has 1 fully saturated rings. The second-order valence-electron chi connectivity index (χ2n) is 9.70. The molecule has 0 bridgehead atoms. The third-order valence-electron chi connectivity index (χ3n) is 6.78. The van der Waals surface area contributed by atoms with Crippen LogP contribution in [0.15, 0.2) is 36.5 Å². The molecule has 7 heteroatoms. The van der Waals surface area contributed by atoms with Crippen LogP contribution >= 0.6 is 11.6 Å². The van der Waals surface area contributed by atoms with Crippen molar-refractivity contribution in [3.05, 3.63) is 52.9 Å². The minimum absolute atomic E-state index is 0.0306. The summed E-state index contributed by atoms with van der Waals surface area (Å²) in [5.74, 6) is -1.48. The number of hydrogen-bond donors (Lipinski definition) is 2. The molecule has 4 rings (SSSR count). The molecule has 0 spiro atoms. The van der Waals surface area contributed by atoms with Gasteiger partial charge in [-0.3, -0.25) is 9.78 Å². The molecule has 1 aliphatic rings. The van der Waals surface area contributed by atoms with E-state index in [2.05, 4.69) is 29.3 Å². The van der Waals surface area contributed by atoms with E-state index in [1.165, 1.54) is 12.1 Å². The van der Waals surface area contributed by atoms with Crippen molar-refractivity contribution < 1.29 is 14.3 Å². The fourth-order valence-electron chi connectivity index (χ4n) is 4.70. The summed E-state index contributed by atoms with van der Waals surface area (Å²) in [5.41, 5.74) is 3.37. The third kappa shape index (κ3) is 4.89. The molecule has 0 amide bonds. The Hall–Kier alpha value is -2.70. The van der Waals surface area contributed by atoms with Crippen LogP contribution in [-0.2, 0) is 0 Å². The van der Waals surface area contributed by atoms with Crippen molar-refractivity contribution in [2.24, 2.45) is 5.92 Å². The van der Waals surface area contributed by atoms with Crippen LogP contribution in [0.2, 0.25) is 5.02 Å². The molecular formula is C27H31ClFN3O2. The number of anilines is 1. The zero-order valence-corrected chi connectivity index (χ0v) is 20.8. The maximum atomic E-state index is 14.2. The van der Waals surface area contributed by atoms with Crippen LogP contribution in [0.4, 0.5) is 10.1 Å². The molecule has 0 radical (unpaired) electrons. The molecule has 0 saturated heterocycles. The normalized spacial score (nSPS) is 18.6. The number of pyridine rings is 1. The summed E-state index contributed by atoms with van der Waals surface area (Å²) < 4.78 is 14.2. The lowest BCUT2D eigenvalue weighted by molar-refractivity contribution is 0.0940. The number of nitrogens with zero attached hydrogens (tertiary/aromatic N) is 2. The molecule has 2 aromatic carbocycles. The first kappa shape index (κ1) is 24.4. The Kier molecular flexibility index (Phi) is 7.10. The molecule has 0 aliphatic heterocycles. The number of nitrogens with one attached hydrogen (secondary N) is 1. The van der Waals surface area contributed by atoms with Gasteiger partial charge in [0.05, 0.1) is 21.8 Å². The molecule has 1 heterocycles. The molecular weight excluding hydrogens is 453 g/mol. The van der Waals surface area contributed by atoms with Gasteiger partial charge in [0, 0.05) is 29.6 Å². The Balaban J connectivity index is 1.79. The fourth-order valence-corrected chi connectivity index (χ4v) is 4.91. The number of hydrogen-bond acceptors (Lipinski definition) is 5. The number of benzene rings is 2. The average Bonchev–Trinajstić information content (AvgIpc) is 2.82. The van der Waals surface area contributed by atoms with E-state index >= 15 is 0 Å². The summed E-state index contributed by atoms with van der Waals surface area (Å²) >= 11 is 6.02. The van der Waals surface area contributed by atoms with Crippen LogP contribution in [0.1, 0.15) is 49.9 Å². The van der Waals surface area contributed by atoms with Crippen LogP contribution in [0.3, 0.4) is 0 Å². The van der Waals surface area contributed by atoms with Gasteiger partial charge >= 0.3 is 0 Å². The van der Waals surface area contributed by atoms with Crippen molar-refractivity contribution in [1.29, 1.82) is 0 Å². The largest absolute Gasteiger partial charge is 0.504 e. The molecule has 5 nitrogen and oxygen atoms in total. The number of phenols is 1. The zero-order valence-electron chi connectivity index (χ0n) is 20.0. The monoisotopic (exact) mass is 483 g/mol. The van der Waals surface area contributed by atoms with Crippen LogP contribution in [0.5, 0.6) is 5.75 Å². The van der Waals surface area contributed by atoms with Gasteiger partial charge < -0.3 is 15.3 Å². The number of rotatable bonds is 6. The molecule has 3 aromatic rings. The number of ketones is 1. The zero-order chi connectivity index (χ0) is 24.6. The Morgan fingerprint density at radius 3 is 2.47 bits per heavy atom. The van der Waals surface area contributed by atoms with E-state index in [4.69, 9.17) is 11.6 Å². The first-order valence-electron chi connectivity index (χ1n) is 11.7. The van der Waals surface area contributed by atoms with Gasteiger partial charge in [-0.15, -0.1) is 0 Å². The Bertz CT molecular complexity index is 1200. The van der Waals surface area contributed by atoms with Crippen molar-refractivity contribution in [2.45, 2.75) is 51.6 Å². The number of Topliss-reactive ketones (excluding diaryl/α,β-unsaturated/α-hetero) is 1. The number of aromatic nitrogens is 1. The molecule has 1 aliphatic carbocycles. The lowest BCUT2D eigenvalue weighted by Crippen LogP contribution is -2.36. The van der Waals surface area contributed by atoms with Crippen LogP contribution < -0.4 is 5.32 Å². The van der Waals surface area contributed by atoms with Gasteiger partial charge in [0.15, 0.2) is 17.3 Å². The summed E-state index contributed by atoms with van der Waals surface area (Å²) in [6.45, 7) is 3.77. The van der Waals surface area contributed by atoms with E-state index in [-0.39, 0.29) is 22.8 Å². The number of carbonyl (C=O) groups excluding carboxylic acids is 1. The van der Waals surface area contributed by atoms with Crippen molar-refractivity contribution in [1.82, 2.24) is 9.88 Å². The van der Waals surface area contributed by atoms with Gasteiger partial charge in [0.1, 0.15) is 0 Å². The van der Waals surface area contributed by atoms with Gasteiger partial charge in [-0.25, -0.2) is 4.39 Å². The highest BCUT2D eigenvalue weighted by molar-refractivity contribution is 6.32. The van der Waals surface area contributed by atoms with Gasteiger partial charge in [0.25, 0.3) is 0 Å². The molecule has 0 atom stereocenters. The van der Waals surface area contributed by atoms with Crippen molar-refractivity contribution in [3.63, 3.8) is 0 Å². The quantitative estimate of drug-likeness (QED) is 0.390. The standard InChI is InChI=1S/C27H31ClFN3O2/c1-15(2)26(33)21-14-30-24-10-5-16(17-12-22(28)27(34)23(29)13-17)11-20(24)25(21)31-18-6-8-19(9-7-18)32(3)4/h5,10-15,18-19,34H,6-9H2,1-4H3,(H,30,31). The van der Waals surface area contributed by atoms with Crippen LogP contribution in [-0.4, -0.2) is 47.0 Å². The number of carbonyl (C=O) groups is 1. The van der Waals surface area contributed by atoms with Crippen molar-refractivity contribution in [2.75, 3.05) is 19.4 Å². The van der Waals surface area contributed by atoms with Crippen molar-refractivity contribution in [3.8, 4) is 16.9 Å². The number of halogens is 2. The molecule has 1 aromatic heterocycles. The second-order valence-corrected chi connectivity index (χ2v) is 10.1. The Morgan fingerprint density at radius 1 is 1.15 bits per heavy atom. The molecule has 180 valence electrons. The summed E-state index contributed by atoms with van der Waals surface area (Å²) in [6, 6.07) is 9.24. The van der Waals surface area contributed by atoms with Crippen LogP contribution in [0.25, 0.3) is 22.0 Å². The van der Waals surface area contributed by atoms with Gasteiger partial charge in [-0.2, -0.15) is 0 Å².